The third-order valence-corrected chi connectivity index (χ3v) is 2.51. The van der Waals surface area contributed by atoms with Crippen LogP contribution in [0.5, 0.6) is 0 Å². The SMILES string of the molecule is Cc1ccc(Cl)cc1NC(=O)c1cncnc1. The minimum atomic E-state index is -0.254. The first kappa shape index (κ1) is 11.5. The van der Waals surface area contributed by atoms with Crippen LogP contribution in [0.3, 0.4) is 0 Å². The molecule has 2 aromatic rings. The number of nitrogens with one attached hydrogen (secondary N) is 1. The number of hydrogen-bond acceptors (Lipinski definition) is 3. The first-order valence-electron chi connectivity index (χ1n) is 4.99. The average molecular weight is 248 g/mol. The average Bonchev–Trinajstić information content (AvgIpc) is 2.35. The Labute approximate surface area is 104 Å². The molecule has 0 aliphatic heterocycles. The highest BCUT2D eigenvalue weighted by atomic mass is 35.5. The highest BCUT2D eigenvalue weighted by molar-refractivity contribution is 6.31. The molecule has 1 amide bonds. The van der Waals surface area contributed by atoms with E-state index in [4.69, 9.17) is 11.6 Å². The predicted octanol–water partition coefficient (Wildman–Crippen LogP) is 2.69. The molecule has 0 spiro atoms. The van der Waals surface area contributed by atoms with Gasteiger partial charge in [-0.1, -0.05) is 17.7 Å². The van der Waals surface area contributed by atoms with E-state index in [2.05, 4.69) is 15.3 Å². The zero-order chi connectivity index (χ0) is 12.3. The second-order valence-electron chi connectivity index (χ2n) is 3.54. The van der Waals surface area contributed by atoms with Crippen LogP contribution < -0.4 is 5.32 Å². The van der Waals surface area contributed by atoms with Crippen LogP contribution in [0.4, 0.5) is 5.69 Å². The highest BCUT2D eigenvalue weighted by Gasteiger charge is 2.08. The number of amides is 1. The minimum Gasteiger partial charge on any atom is -0.322 e. The van der Waals surface area contributed by atoms with Gasteiger partial charge in [0.25, 0.3) is 5.91 Å². The van der Waals surface area contributed by atoms with Gasteiger partial charge in [0, 0.05) is 23.1 Å². The van der Waals surface area contributed by atoms with Crippen molar-refractivity contribution in [2.45, 2.75) is 6.92 Å². The number of nitrogens with zero attached hydrogens (tertiary/aromatic N) is 2. The number of aryl methyl sites for hydroxylation is 1. The molecule has 0 saturated heterocycles. The summed E-state index contributed by atoms with van der Waals surface area (Å²) in [6.07, 6.45) is 4.30. The van der Waals surface area contributed by atoms with Crippen LogP contribution in [0.2, 0.25) is 5.02 Å². The summed E-state index contributed by atoms with van der Waals surface area (Å²) >= 11 is 5.87. The van der Waals surface area contributed by atoms with Crippen LogP contribution in [0.25, 0.3) is 0 Å². The minimum absolute atomic E-state index is 0.254. The zero-order valence-electron chi connectivity index (χ0n) is 9.14. The predicted molar refractivity (Wildman–Crippen MR) is 66.2 cm³/mol. The molecule has 1 aromatic carbocycles. The van der Waals surface area contributed by atoms with E-state index in [1.165, 1.54) is 18.7 Å². The molecule has 0 fully saturated rings. The molecule has 0 unspecified atom stereocenters. The van der Waals surface area contributed by atoms with Gasteiger partial charge in [0.1, 0.15) is 6.33 Å². The number of hydrogen-bond donors (Lipinski definition) is 1. The molecule has 1 N–H and O–H groups in total. The maximum absolute atomic E-state index is 11.8. The maximum atomic E-state index is 11.8. The smallest absolute Gasteiger partial charge is 0.258 e. The van der Waals surface area contributed by atoms with Gasteiger partial charge in [0.05, 0.1) is 5.56 Å². The highest BCUT2D eigenvalue weighted by Crippen LogP contribution is 2.20. The number of carbonyl (C=O) groups excluding carboxylic acids is 1. The molecular formula is C12H10ClN3O. The molecule has 0 atom stereocenters. The van der Waals surface area contributed by atoms with Gasteiger partial charge in [-0.15, -0.1) is 0 Å². The fourth-order valence-electron chi connectivity index (χ4n) is 1.34. The molecule has 0 bridgehead atoms. The quantitative estimate of drug-likeness (QED) is 0.888. The van der Waals surface area contributed by atoms with E-state index < -0.39 is 0 Å². The molecule has 0 aliphatic carbocycles. The topological polar surface area (TPSA) is 54.9 Å². The number of aromatic nitrogens is 2. The fraction of sp³-hybridized carbons (Fsp3) is 0.0833. The fourth-order valence-corrected chi connectivity index (χ4v) is 1.51. The second kappa shape index (κ2) is 4.93. The normalized spacial score (nSPS) is 10.0. The van der Waals surface area contributed by atoms with Crippen molar-refractivity contribution >= 4 is 23.2 Å². The van der Waals surface area contributed by atoms with Crippen molar-refractivity contribution in [1.82, 2.24) is 9.97 Å². The van der Waals surface area contributed by atoms with Gasteiger partial charge in [0.2, 0.25) is 0 Å². The summed E-state index contributed by atoms with van der Waals surface area (Å²) in [6, 6.07) is 5.33. The summed E-state index contributed by atoms with van der Waals surface area (Å²) in [4.78, 5) is 19.4. The standard InChI is InChI=1S/C12H10ClN3O/c1-8-2-3-10(13)4-11(8)16-12(17)9-5-14-7-15-6-9/h2-7H,1H3,(H,16,17). The lowest BCUT2D eigenvalue weighted by Gasteiger charge is -2.08. The van der Waals surface area contributed by atoms with Crippen molar-refractivity contribution in [3.63, 3.8) is 0 Å². The van der Waals surface area contributed by atoms with Gasteiger partial charge in [-0.2, -0.15) is 0 Å². The van der Waals surface area contributed by atoms with E-state index in [9.17, 15) is 4.79 Å². The van der Waals surface area contributed by atoms with Crippen LogP contribution in [-0.2, 0) is 0 Å². The monoisotopic (exact) mass is 247 g/mol. The van der Waals surface area contributed by atoms with E-state index >= 15 is 0 Å². The zero-order valence-corrected chi connectivity index (χ0v) is 9.90. The molecular weight excluding hydrogens is 238 g/mol. The first-order valence-corrected chi connectivity index (χ1v) is 5.37. The third-order valence-electron chi connectivity index (χ3n) is 2.27. The Balaban J connectivity index is 2.22. The molecule has 5 heteroatoms. The van der Waals surface area contributed by atoms with Crippen LogP contribution in [0, 0.1) is 6.92 Å². The van der Waals surface area contributed by atoms with Gasteiger partial charge in [-0.05, 0) is 24.6 Å². The Kier molecular flexibility index (Phi) is 3.35. The van der Waals surface area contributed by atoms with Crippen LogP contribution in [-0.4, -0.2) is 15.9 Å². The van der Waals surface area contributed by atoms with Crippen molar-refractivity contribution < 1.29 is 4.79 Å². The van der Waals surface area contributed by atoms with Gasteiger partial charge >= 0.3 is 0 Å². The summed E-state index contributed by atoms with van der Waals surface area (Å²) in [6.45, 7) is 1.90. The summed E-state index contributed by atoms with van der Waals surface area (Å²) < 4.78 is 0. The van der Waals surface area contributed by atoms with Gasteiger partial charge in [0.15, 0.2) is 0 Å². The molecule has 1 heterocycles. The van der Waals surface area contributed by atoms with Crippen molar-refractivity contribution in [1.29, 1.82) is 0 Å². The Morgan fingerprint density at radius 1 is 1.29 bits per heavy atom. The first-order chi connectivity index (χ1) is 8.16. The number of anilines is 1. The molecule has 86 valence electrons. The molecule has 0 saturated carbocycles. The lowest BCUT2D eigenvalue weighted by atomic mass is 10.2. The Hall–Kier alpha value is -1.94. The van der Waals surface area contributed by atoms with Crippen molar-refractivity contribution in [2.24, 2.45) is 0 Å². The van der Waals surface area contributed by atoms with Crippen molar-refractivity contribution in [3.8, 4) is 0 Å². The van der Waals surface area contributed by atoms with Crippen LogP contribution in [0.1, 0.15) is 15.9 Å². The largest absolute Gasteiger partial charge is 0.322 e. The van der Waals surface area contributed by atoms with E-state index in [1.807, 2.05) is 13.0 Å². The summed E-state index contributed by atoms with van der Waals surface area (Å²) in [7, 11) is 0. The second-order valence-corrected chi connectivity index (χ2v) is 3.98. The molecule has 2 rings (SSSR count). The van der Waals surface area contributed by atoms with Gasteiger partial charge < -0.3 is 5.32 Å². The molecule has 17 heavy (non-hydrogen) atoms. The number of rotatable bonds is 2. The van der Waals surface area contributed by atoms with Gasteiger partial charge in [-0.25, -0.2) is 9.97 Å². The summed E-state index contributed by atoms with van der Waals surface area (Å²) in [5.41, 5.74) is 2.04. The van der Waals surface area contributed by atoms with Crippen LogP contribution in [0.15, 0.2) is 36.9 Å². The van der Waals surface area contributed by atoms with Gasteiger partial charge in [-0.3, -0.25) is 4.79 Å². The van der Waals surface area contributed by atoms with Crippen LogP contribution >= 0.6 is 11.6 Å². The van der Waals surface area contributed by atoms with Crippen molar-refractivity contribution in [2.75, 3.05) is 5.32 Å². The summed E-state index contributed by atoms with van der Waals surface area (Å²) in [5.74, 6) is -0.254. The van der Waals surface area contributed by atoms with Crippen molar-refractivity contribution in [3.05, 3.63) is 53.1 Å². The lowest BCUT2D eigenvalue weighted by Crippen LogP contribution is -2.13. The van der Waals surface area contributed by atoms with E-state index in [0.29, 0.717) is 16.3 Å². The summed E-state index contributed by atoms with van der Waals surface area (Å²) in [5, 5.41) is 3.34. The lowest BCUT2D eigenvalue weighted by molar-refractivity contribution is 0.102. The Bertz CT molecular complexity index is 543. The molecule has 0 aliphatic rings. The number of carbonyl (C=O) groups is 1. The Morgan fingerprint density at radius 2 is 2.00 bits per heavy atom. The molecule has 0 radical (unpaired) electrons. The number of halogens is 1. The molecule has 1 aromatic heterocycles. The van der Waals surface area contributed by atoms with E-state index in [0.717, 1.165) is 5.56 Å². The molecule has 4 nitrogen and oxygen atoms in total. The third kappa shape index (κ3) is 2.79. The van der Waals surface area contributed by atoms with E-state index in [-0.39, 0.29) is 5.91 Å². The Morgan fingerprint density at radius 3 is 2.71 bits per heavy atom. The maximum Gasteiger partial charge on any atom is 0.258 e. The number of benzene rings is 1. The van der Waals surface area contributed by atoms with E-state index in [1.54, 1.807) is 12.1 Å².